The molecule has 1 heterocycles. The summed E-state index contributed by atoms with van der Waals surface area (Å²) in [5.41, 5.74) is 0. The first kappa shape index (κ1) is 9.51. The zero-order valence-corrected chi connectivity index (χ0v) is 8.96. The van der Waals surface area contributed by atoms with E-state index < -0.39 is 0 Å². The lowest BCUT2D eigenvalue weighted by Crippen LogP contribution is -2.29. The Labute approximate surface area is 81.9 Å². The Morgan fingerprint density at radius 2 is 1.69 bits per heavy atom. The lowest BCUT2D eigenvalue weighted by atomic mass is 9.71. The van der Waals surface area contributed by atoms with Gasteiger partial charge in [0.05, 0.1) is 6.10 Å². The molecule has 0 aromatic rings. The molecule has 0 aromatic heterocycles. The molecule has 0 N–H and O–H groups in total. The average Bonchev–Trinajstić information content (AvgIpc) is 2.52. The van der Waals surface area contributed by atoms with Crippen molar-refractivity contribution >= 4 is 0 Å². The first-order valence-electron chi connectivity index (χ1n) is 5.90. The van der Waals surface area contributed by atoms with E-state index in [-0.39, 0.29) is 0 Å². The molecule has 4 atom stereocenters. The van der Waals surface area contributed by atoms with Gasteiger partial charge in [0.1, 0.15) is 0 Å². The summed E-state index contributed by atoms with van der Waals surface area (Å²) in [5, 5.41) is 0. The highest BCUT2D eigenvalue weighted by atomic mass is 16.5. The van der Waals surface area contributed by atoms with Gasteiger partial charge in [-0.05, 0) is 37.5 Å². The van der Waals surface area contributed by atoms with Gasteiger partial charge in [-0.3, -0.25) is 0 Å². The fourth-order valence-corrected chi connectivity index (χ4v) is 3.29. The van der Waals surface area contributed by atoms with E-state index in [9.17, 15) is 0 Å². The molecule has 4 unspecified atom stereocenters. The van der Waals surface area contributed by atoms with Crippen LogP contribution in [0.3, 0.4) is 0 Å². The van der Waals surface area contributed by atoms with Crippen molar-refractivity contribution in [1.82, 2.24) is 0 Å². The predicted octanol–water partition coefficient (Wildman–Crippen LogP) is 3.24. The second-order valence-corrected chi connectivity index (χ2v) is 4.95. The summed E-state index contributed by atoms with van der Waals surface area (Å²) >= 11 is 0. The highest BCUT2D eigenvalue weighted by Crippen LogP contribution is 2.40. The van der Waals surface area contributed by atoms with Crippen molar-refractivity contribution in [3.8, 4) is 0 Å². The summed E-state index contributed by atoms with van der Waals surface area (Å²) in [7, 11) is 0. The monoisotopic (exact) mass is 182 g/mol. The largest absolute Gasteiger partial charge is 0.378 e. The van der Waals surface area contributed by atoms with E-state index in [4.69, 9.17) is 4.74 Å². The highest BCUT2D eigenvalue weighted by Gasteiger charge is 2.35. The van der Waals surface area contributed by atoms with E-state index >= 15 is 0 Å². The summed E-state index contributed by atoms with van der Waals surface area (Å²) in [6, 6.07) is 0. The smallest absolute Gasteiger partial charge is 0.0578 e. The van der Waals surface area contributed by atoms with Crippen LogP contribution in [0, 0.1) is 17.8 Å². The van der Waals surface area contributed by atoms with Gasteiger partial charge >= 0.3 is 0 Å². The third-order valence-corrected chi connectivity index (χ3v) is 4.16. The van der Waals surface area contributed by atoms with Crippen LogP contribution in [0.2, 0.25) is 0 Å². The highest BCUT2D eigenvalue weighted by molar-refractivity contribution is 4.84. The standard InChI is InChI=1S/C12H22O/c1-9-5-3-4-6-11(9)12-7-8-13-10(12)2/h9-12H,3-8H2,1-2H3. The van der Waals surface area contributed by atoms with Gasteiger partial charge in [0.2, 0.25) is 0 Å². The maximum Gasteiger partial charge on any atom is 0.0578 e. The second-order valence-electron chi connectivity index (χ2n) is 4.95. The molecule has 76 valence electrons. The fraction of sp³-hybridized carbons (Fsp3) is 1.00. The molecule has 0 aromatic carbocycles. The maximum atomic E-state index is 5.67. The zero-order valence-electron chi connectivity index (χ0n) is 8.96. The zero-order chi connectivity index (χ0) is 9.26. The van der Waals surface area contributed by atoms with Crippen molar-refractivity contribution in [2.75, 3.05) is 6.61 Å². The molecule has 1 saturated carbocycles. The first-order valence-corrected chi connectivity index (χ1v) is 5.90. The molecule has 0 spiro atoms. The summed E-state index contributed by atoms with van der Waals surface area (Å²) in [5.74, 6) is 2.78. The van der Waals surface area contributed by atoms with Gasteiger partial charge in [-0.15, -0.1) is 0 Å². The molecular weight excluding hydrogens is 160 g/mol. The second kappa shape index (κ2) is 4.00. The van der Waals surface area contributed by atoms with Crippen LogP contribution >= 0.6 is 0 Å². The Morgan fingerprint density at radius 1 is 0.923 bits per heavy atom. The van der Waals surface area contributed by atoms with Crippen LogP contribution in [-0.2, 0) is 4.74 Å². The van der Waals surface area contributed by atoms with E-state index in [1.807, 2.05) is 0 Å². The van der Waals surface area contributed by atoms with E-state index in [1.54, 1.807) is 0 Å². The minimum absolute atomic E-state index is 0.533. The Morgan fingerprint density at radius 3 is 2.31 bits per heavy atom. The topological polar surface area (TPSA) is 9.23 Å². The maximum absolute atomic E-state index is 5.67. The molecule has 2 rings (SSSR count). The Kier molecular flexibility index (Phi) is 2.92. The minimum atomic E-state index is 0.533. The molecule has 1 nitrogen and oxygen atoms in total. The van der Waals surface area contributed by atoms with Crippen molar-refractivity contribution in [1.29, 1.82) is 0 Å². The molecule has 1 saturated heterocycles. The van der Waals surface area contributed by atoms with Crippen LogP contribution in [0.1, 0.15) is 46.0 Å². The van der Waals surface area contributed by atoms with Gasteiger partial charge in [-0.2, -0.15) is 0 Å². The van der Waals surface area contributed by atoms with Crippen molar-refractivity contribution in [3.05, 3.63) is 0 Å². The van der Waals surface area contributed by atoms with Crippen LogP contribution < -0.4 is 0 Å². The average molecular weight is 182 g/mol. The van der Waals surface area contributed by atoms with Gasteiger partial charge in [0.15, 0.2) is 0 Å². The van der Waals surface area contributed by atoms with E-state index in [1.165, 1.54) is 32.1 Å². The SMILES string of the molecule is CC1CCCCC1C1CCOC1C. The van der Waals surface area contributed by atoms with Crippen LogP contribution in [0.5, 0.6) is 0 Å². The van der Waals surface area contributed by atoms with E-state index in [2.05, 4.69) is 13.8 Å². The number of rotatable bonds is 1. The van der Waals surface area contributed by atoms with Gasteiger partial charge in [-0.1, -0.05) is 26.2 Å². The summed E-state index contributed by atoms with van der Waals surface area (Å²) in [4.78, 5) is 0. The van der Waals surface area contributed by atoms with Crippen LogP contribution in [0.15, 0.2) is 0 Å². The number of hydrogen-bond acceptors (Lipinski definition) is 1. The third kappa shape index (κ3) is 1.90. The lowest BCUT2D eigenvalue weighted by molar-refractivity contribution is 0.0668. The Balaban J connectivity index is 1.97. The molecule has 1 heteroatoms. The van der Waals surface area contributed by atoms with Gasteiger partial charge in [0, 0.05) is 6.61 Å². The van der Waals surface area contributed by atoms with Crippen molar-refractivity contribution in [3.63, 3.8) is 0 Å². The molecular formula is C12H22O. The summed E-state index contributed by atoms with van der Waals surface area (Å²) in [6.07, 6.45) is 7.67. The van der Waals surface area contributed by atoms with Crippen molar-refractivity contribution in [2.45, 2.75) is 52.1 Å². The molecule has 1 aliphatic carbocycles. The summed E-state index contributed by atoms with van der Waals surface area (Å²) < 4.78 is 5.67. The Bertz CT molecular complexity index is 167. The lowest BCUT2D eigenvalue weighted by Gasteiger charge is -2.34. The normalized spacial score (nSPS) is 46.6. The summed E-state index contributed by atoms with van der Waals surface area (Å²) in [6.45, 7) is 5.71. The minimum Gasteiger partial charge on any atom is -0.378 e. The van der Waals surface area contributed by atoms with Gasteiger partial charge in [0.25, 0.3) is 0 Å². The van der Waals surface area contributed by atoms with Crippen LogP contribution in [0.25, 0.3) is 0 Å². The van der Waals surface area contributed by atoms with E-state index in [0.717, 1.165) is 24.4 Å². The fourth-order valence-electron chi connectivity index (χ4n) is 3.29. The first-order chi connectivity index (χ1) is 6.29. The van der Waals surface area contributed by atoms with Gasteiger partial charge in [-0.25, -0.2) is 0 Å². The van der Waals surface area contributed by atoms with Crippen molar-refractivity contribution in [2.24, 2.45) is 17.8 Å². The molecule has 13 heavy (non-hydrogen) atoms. The molecule has 2 fully saturated rings. The van der Waals surface area contributed by atoms with Crippen molar-refractivity contribution < 1.29 is 4.74 Å². The molecule has 0 amide bonds. The number of hydrogen-bond donors (Lipinski definition) is 0. The van der Waals surface area contributed by atoms with Crippen LogP contribution in [0.4, 0.5) is 0 Å². The molecule has 0 bridgehead atoms. The molecule has 2 aliphatic rings. The van der Waals surface area contributed by atoms with Gasteiger partial charge < -0.3 is 4.74 Å². The van der Waals surface area contributed by atoms with E-state index in [0.29, 0.717) is 6.10 Å². The number of ether oxygens (including phenoxy) is 1. The molecule has 0 radical (unpaired) electrons. The molecule has 1 aliphatic heterocycles. The quantitative estimate of drug-likeness (QED) is 0.605. The third-order valence-electron chi connectivity index (χ3n) is 4.16. The predicted molar refractivity (Wildman–Crippen MR) is 54.6 cm³/mol. The Hall–Kier alpha value is -0.0400. The van der Waals surface area contributed by atoms with Crippen LogP contribution in [-0.4, -0.2) is 12.7 Å².